The smallest absolute Gasteiger partial charge is 0.282 e. The van der Waals surface area contributed by atoms with Gasteiger partial charge in [-0.3, -0.25) is 4.79 Å². The summed E-state index contributed by atoms with van der Waals surface area (Å²) in [5.41, 5.74) is 2.72. The van der Waals surface area contributed by atoms with Gasteiger partial charge >= 0.3 is 0 Å². The highest BCUT2D eigenvalue weighted by Crippen LogP contribution is 2.30. The van der Waals surface area contributed by atoms with Gasteiger partial charge in [0.05, 0.1) is 12.8 Å². The van der Waals surface area contributed by atoms with Gasteiger partial charge in [-0.05, 0) is 32.4 Å². The Morgan fingerprint density at radius 3 is 2.50 bits per heavy atom. The lowest BCUT2D eigenvalue weighted by Crippen LogP contribution is -2.91. The number of amides is 1. The van der Waals surface area contributed by atoms with E-state index in [2.05, 4.69) is 24.4 Å². The highest BCUT2D eigenvalue weighted by Gasteiger charge is 2.21. The number of methoxy groups -OCH3 is 1. The van der Waals surface area contributed by atoms with Crippen LogP contribution in [0.2, 0.25) is 5.02 Å². The number of carbonyl (C=O) groups excluding carboxylic acids is 1. The van der Waals surface area contributed by atoms with Gasteiger partial charge in [0.1, 0.15) is 11.8 Å². The molecule has 0 fully saturated rings. The van der Waals surface area contributed by atoms with Crippen LogP contribution >= 0.6 is 11.6 Å². The molecule has 5 heteroatoms. The Morgan fingerprint density at radius 2 is 1.88 bits per heavy atom. The summed E-state index contributed by atoms with van der Waals surface area (Å²) in [6.45, 7) is 5.88. The number of anilines is 1. The normalized spacial score (nSPS) is 13.2. The van der Waals surface area contributed by atoms with E-state index < -0.39 is 0 Å². The molecule has 0 aliphatic carbocycles. The Morgan fingerprint density at radius 1 is 1.21 bits per heavy atom. The predicted molar refractivity (Wildman–Crippen MR) is 97.6 cm³/mol. The van der Waals surface area contributed by atoms with Crippen LogP contribution < -0.4 is 15.4 Å². The zero-order chi connectivity index (χ0) is 17.7. The lowest BCUT2D eigenvalue weighted by Gasteiger charge is -2.18. The van der Waals surface area contributed by atoms with Crippen LogP contribution in [0.1, 0.15) is 31.0 Å². The number of carbonyl (C=O) groups is 1. The Labute approximate surface area is 148 Å². The van der Waals surface area contributed by atoms with Crippen LogP contribution in [0.25, 0.3) is 0 Å². The van der Waals surface area contributed by atoms with E-state index in [0.717, 1.165) is 5.56 Å². The number of aryl methyl sites for hydroxylation is 1. The number of benzene rings is 2. The number of rotatable bonds is 6. The monoisotopic (exact) mass is 347 g/mol. The van der Waals surface area contributed by atoms with Gasteiger partial charge in [0.2, 0.25) is 0 Å². The third-order valence-corrected chi connectivity index (χ3v) is 4.46. The van der Waals surface area contributed by atoms with E-state index in [4.69, 9.17) is 16.3 Å². The molecular weight excluding hydrogens is 324 g/mol. The van der Waals surface area contributed by atoms with E-state index in [1.54, 1.807) is 13.2 Å². The van der Waals surface area contributed by atoms with Crippen molar-refractivity contribution in [3.8, 4) is 5.75 Å². The second kappa shape index (κ2) is 8.18. The van der Waals surface area contributed by atoms with E-state index in [1.807, 2.05) is 43.4 Å². The first-order valence-corrected chi connectivity index (χ1v) is 8.35. The topological polar surface area (TPSA) is 54.9 Å². The van der Waals surface area contributed by atoms with E-state index in [-0.39, 0.29) is 18.0 Å². The van der Waals surface area contributed by atoms with E-state index >= 15 is 0 Å². The minimum absolute atomic E-state index is 0.0715. The molecule has 0 aliphatic heterocycles. The summed E-state index contributed by atoms with van der Waals surface area (Å²) in [4.78, 5) is 12.5. The lowest BCUT2D eigenvalue weighted by atomic mass is 10.1. The van der Waals surface area contributed by atoms with Crippen LogP contribution in [0.5, 0.6) is 5.75 Å². The summed E-state index contributed by atoms with van der Waals surface area (Å²) in [5, 5.41) is 5.59. The minimum atomic E-state index is -0.235. The molecule has 0 radical (unpaired) electrons. The van der Waals surface area contributed by atoms with Gasteiger partial charge in [0, 0.05) is 16.7 Å². The van der Waals surface area contributed by atoms with Crippen molar-refractivity contribution in [3.05, 3.63) is 58.6 Å². The van der Waals surface area contributed by atoms with Crippen LogP contribution in [0.15, 0.2) is 42.5 Å². The highest BCUT2D eigenvalue weighted by atomic mass is 35.5. The summed E-state index contributed by atoms with van der Waals surface area (Å²) in [7, 11) is 1.56. The Bertz CT molecular complexity index is 704. The molecule has 0 aromatic heterocycles. The maximum atomic E-state index is 12.5. The third kappa shape index (κ3) is 4.49. The molecule has 0 aliphatic rings. The predicted octanol–water partition coefficient (Wildman–Crippen LogP) is 3.31. The molecule has 0 saturated carbocycles. The molecule has 0 spiro atoms. The van der Waals surface area contributed by atoms with Gasteiger partial charge in [-0.2, -0.15) is 0 Å². The highest BCUT2D eigenvalue weighted by molar-refractivity contribution is 6.31. The Kier molecular flexibility index (Phi) is 6.23. The SMILES string of the molecule is COc1cc(Cl)c(C)cc1NC(=O)[C@@H](C)[NH2+][C@H](C)c1ccccc1. The standard InChI is InChI=1S/C19H23ClN2O2/c1-12-10-17(18(24-4)11-16(12)20)22-19(23)14(3)21-13(2)15-8-6-5-7-9-15/h5-11,13-14,21H,1-4H3,(H,22,23)/p+1/t13-,14-/m1/s1. The van der Waals surface area contributed by atoms with Gasteiger partial charge < -0.3 is 15.4 Å². The lowest BCUT2D eigenvalue weighted by molar-refractivity contribution is -0.709. The molecule has 3 N–H and O–H groups in total. The molecule has 2 aromatic carbocycles. The zero-order valence-corrected chi connectivity index (χ0v) is 15.2. The molecule has 128 valence electrons. The van der Waals surface area contributed by atoms with Crippen molar-refractivity contribution in [1.29, 1.82) is 0 Å². The molecular formula is C19H24ClN2O2+. The molecule has 4 nitrogen and oxygen atoms in total. The number of nitrogens with two attached hydrogens (primary N) is 1. The number of quaternary nitrogens is 1. The first kappa shape index (κ1) is 18.3. The molecule has 1 amide bonds. The number of hydrogen-bond donors (Lipinski definition) is 2. The number of halogens is 1. The fourth-order valence-corrected chi connectivity index (χ4v) is 2.72. The van der Waals surface area contributed by atoms with Gasteiger partial charge in [0.15, 0.2) is 6.04 Å². The summed E-state index contributed by atoms with van der Waals surface area (Å²) >= 11 is 6.10. The zero-order valence-electron chi connectivity index (χ0n) is 14.5. The second-order valence-corrected chi connectivity index (χ2v) is 6.38. The van der Waals surface area contributed by atoms with Crippen molar-refractivity contribution in [2.75, 3.05) is 12.4 Å². The number of hydrogen-bond acceptors (Lipinski definition) is 2. The first-order valence-electron chi connectivity index (χ1n) is 7.97. The minimum Gasteiger partial charge on any atom is -0.495 e. The Hall–Kier alpha value is -2.04. The summed E-state index contributed by atoms with van der Waals surface area (Å²) in [6, 6.07) is 13.6. The van der Waals surface area contributed by atoms with Crippen molar-refractivity contribution in [2.24, 2.45) is 0 Å². The van der Waals surface area contributed by atoms with Gasteiger partial charge in [-0.1, -0.05) is 41.9 Å². The molecule has 0 bridgehead atoms. The molecule has 0 unspecified atom stereocenters. The van der Waals surface area contributed by atoms with Crippen LogP contribution in [-0.2, 0) is 4.79 Å². The summed E-state index contributed by atoms with van der Waals surface area (Å²) in [5.74, 6) is 0.486. The van der Waals surface area contributed by atoms with Crippen molar-refractivity contribution >= 4 is 23.2 Å². The van der Waals surface area contributed by atoms with Crippen LogP contribution in [-0.4, -0.2) is 19.1 Å². The summed E-state index contributed by atoms with van der Waals surface area (Å²) in [6.07, 6.45) is 0. The van der Waals surface area contributed by atoms with Gasteiger partial charge in [-0.25, -0.2) is 0 Å². The second-order valence-electron chi connectivity index (χ2n) is 5.97. The van der Waals surface area contributed by atoms with Crippen molar-refractivity contribution in [3.63, 3.8) is 0 Å². The fraction of sp³-hybridized carbons (Fsp3) is 0.316. The first-order chi connectivity index (χ1) is 11.4. The van der Waals surface area contributed by atoms with Gasteiger partial charge in [-0.15, -0.1) is 0 Å². The quantitative estimate of drug-likeness (QED) is 0.842. The van der Waals surface area contributed by atoms with Crippen LogP contribution in [0.3, 0.4) is 0 Å². The average molecular weight is 348 g/mol. The maximum absolute atomic E-state index is 12.5. The molecule has 0 saturated heterocycles. The molecule has 2 atom stereocenters. The molecule has 0 heterocycles. The largest absolute Gasteiger partial charge is 0.495 e. The molecule has 2 aromatic rings. The number of ether oxygens (including phenoxy) is 1. The van der Waals surface area contributed by atoms with Gasteiger partial charge in [0.25, 0.3) is 5.91 Å². The molecule has 2 rings (SSSR count). The summed E-state index contributed by atoms with van der Waals surface area (Å²) < 4.78 is 5.30. The van der Waals surface area contributed by atoms with E-state index in [9.17, 15) is 4.79 Å². The van der Waals surface area contributed by atoms with E-state index in [0.29, 0.717) is 16.5 Å². The van der Waals surface area contributed by atoms with Crippen LogP contribution in [0, 0.1) is 6.92 Å². The van der Waals surface area contributed by atoms with Crippen molar-refractivity contribution in [2.45, 2.75) is 32.9 Å². The fourth-order valence-electron chi connectivity index (χ4n) is 2.56. The molecule has 24 heavy (non-hydrogen) atoms. The maximum Gasteiger partial charge on any atom is 0.282 e. The number of nitrogens with one attached hydrogen (secondary N) is 1. The van der Waals surface area contributed by atoms with Crippen molar-refractivity contribution < 1.29 is 14.8 Å². The third-order valence-electron chi connectivity index (χ3n) is 4.05. The van der Waals surface area contributed by atoms with Crippen LogP contribution in [0.4, 0.5) is 5.69 Å². The van der Waals surface area contributed by atoms with E-state index in [1.165, 1.54) is 5.56 Å². The van der Waals surface area contributed by atoms with Crippen molar-refractivity contribution in [1.82, 2.24) is 0 Å². The average Bonchev–Trinajstić information content (AvgIpc) is 2.58. The Balaban J connectivity index is 2.05.